The minimum absolute atomic E-state index is 0.295. The lowest BCUT2D eigenvalue weighted by Gasteiger charge is -2.34. The molecule has 10 aromatic carbocycles. The van der Waals surface area contributed by atoms with E-state index < -0.39 is 5.41 Å². The van der Waals surface area contributed by atoms with Crippen molar-refractivity contribution >= 4 is 39.0 Å². The highest BCUT2D eigenvalue weighted by Crippen LogP contribution is 2.60. The first-order valence-corrected chi connectivity index (χ1v) is 22.6. The van der Waals surface area contributed by atoms with Crippen LogP contribution in [0.4, 0.5) is 17.1 Å². The molecule has 1 unspecified atom stereocenters. The maximum atomic E-state index is 6.34. The number of nitrogens with zero attached hydrogens (tertiary/aromatic N) is 1. The highest BCUT2D eigenvalue weighted by Gasteiger charge is 2.47. The fraction of sp³-hybridized carbons (Fsp3) is 0.0476. The second kappa shape index (κ2) is 14.4. The highest BCUT2D eigenvalue weighted by atomic mass is 16.3. The minimum atomic E-state index is -0.524. The van der Waals surface area contributed by atoms with Crippen molar-refractivity contribution in [3.8, 4) is 33.4 Å². The summed E-state index contributed by atoms with van der Waals surface area (Å²) in [7, 11) is 0. The molecule has 306 valence electrons. The molecule has 0 amide bonds. The fourth-order valence-electron chi connectivity index (χ4n) is 11.5. The predicted molar refractivity (Wildman–Crippen MR) is 269 cm³/mol. The Labute approximate surface area is 379 Å². The summed E-state index contributed by atoms with van der Waals surface area (Å²) in [5.41, 5.74) is 20.6. The van der Waals surface area contributed by atoms with Crippen LogP contribution in [0.1, 0.15) is 45.9 Å². The first-order valence-electron chi connectivity index (χ1n) is 22.6. The summed E-state index contributed by atoms with van der Waals surface area (Å²) in [5, 5.41) is 2.27. The van der Waals surface area contributed by atoms with E-state index in [1.54, 1.807) is 0 Å². The molecule has 1 aromatic heterocycles. The number of furan rings is 1. The lowest BCUT2D eigenvalue weighted by atomic mass is 9.68. The largest absolute Gasteiger partial charge is 0.456 e. The Morgan fingerprint density at radius 3 is 1.65 bits per heavy atom. The van der Waals surface area contributed by atoms with Gasteiger partial charge in [-0.25, -0.2) is 0 Å². The molecule has 0 aliphatic heterocycles. The number of hydrogen-bond donors (Lipinski definition) is 0. The second-order valence-electron chi connectivity index (χ2n) is 17.7. The van der Waals surface area contributed by atoms with Gasteiger partial charge in [0.25, 0.3) is 0 Å². The van der Waals surface area contributed by atoms with E-state index >= 15 is 0 Å². The van der Waals surface area contributed by atoms with Crippen LogP contribution >= 0.6 is 0 Å². The molecule has 2 aliphatic carbocycles. The van der Waals surface area contributed by atoms with Crippen molar-refractivity contribution in [1.29, 1.82) is 0 Å². The number of benzene rings is 10. The Kier molecular flexibility index (Phi) is 8.29. The van der Waals surface area contributed by atoms with Crippen LogP contribution in [0.15, 0.2) is 247 Å². The van der Waals surface area contributed by atoms with Gasteiger partial charge in [-0.05, 0) is 122 Å². The Morgan fingerprint density at radius 2 is 0.908 bits per heavy atom. The molecule has 2 aliphatic rings. The van der Waals surface area contributed by atoms with Crippen LogP contribution in [0.5, 0.6) is 0 Å². The van der Waals surface area contributed by atoms with Gasteiger partial charge in [0, 0.05) is 33.1 Å². The summed E-state index contributed by atoms with van der Waals surface area (Å²) < 4.78 is 6.34. The molecule has 0 saturated carbocycles. The highest BCUT2D eigenvalue weighted by molar-refractivity contribution is 6.06. The maximum absolute atomic E-state index is 6.34. The first kappa shape index (κ1) is 37.4. The molecule has 13 rings (SSSR count). The van der Waals surface area contributed by atoms with Crippen molar-refractivity contribution in [3.05, 3.63) is 282 Å². The third kappa shape index (κ3) is 5.41. The molecule has 0 fully saturated rings. The van der Waals surface area contributed by atoms with E-state index in [1.807, 2.05) is 12.1 Å². The Bertz CT molecular complexity index is 3570. The van der Waals surface area contributed by atoms with Gasteiger partial charge in [-0.2, -0.15) is 0 Å². The van der Waals surface area contributed by atoms with E-state index in [1.165, 1.54) is 61.2 Å². The molecule has 11 aromatic rings. The van der Waals surface area contributed by atoms with E-state index in [2.05, 4.69) is 242 Å². The third-order valence-corrected chi connectivity index (χ3v) is 14.4. The van der Waals surface area contributed by atoms with Gasteiger partial charge < -0.3 is 9.32 Å². The number of fused-ring (bicyclic) bond motifs is 9. The monoisotopic (exact) mass is 829 g/mol. The van der Waals surface area contributed by atoms with Crippen molar-refractivity contribution < 1.29 is 4.42 Å². The van der Waals surface area contributed by atoms with E-state index in [-0.39, 0.29) is 5.41 Å². The Morgan fingerprint density at radius 1 is 0.354 bits per heavy atom. The first-order chi connectivity index (χ1) is 32.1. The molecule has 0 bridgehead atoms. The van der Waals surface area contributed by atoms with Crippen LogP contribution in [0.25, 0.3) is 55.3 Å². The second-order valence-corrected chi connectivity index (χ2v) is 17.7. The van der Waals surface area contributed by atoms with E-state index in [4.69, 9.17) is 4.42 Å². The van der Waals surface area contributed by atoms with Gasteiger partial charge in [-0.15, -0.1) is 0 Å². The zero-order chi connectivity index (χ0) is 43.1. The summed E-state index contributed by atoms with van der Waals surface area (Å²) in [5.74, 6) is 0. The molecule has 0 radical (unpaired) electrons. The van der Waals surface area contributed by atoms with Crippen LogP contribution in [0, 0.1) is 0 Å². The summed E-state index contributed by atoms with van der Waals surface area (Å²) >= 11 is 0. The van der Waals surface area contributed by atoms with Crippen molar-refractivity contribution in [2.75, 3.05) is 4.90 Å². The van der Waals surface area contributed by atoms with Gasteiger partial charge in [0.1, 0.15) is 11.2 Å². The van der Waals surface area contributed by atoms with Gasteiger partial charge in [0.05, 0.1) is 11.1 Å². The van der Waals surface area contributed by atoms with Crippen molar-refractivity contribution in [3.63, 3.8) is 0 Å². The summed E-state index contributed by atoms with van der Waals surface area (Å²) in [6.45, 7) is 2.39. The molecule has 65 heavy (non-hydrogen) atoms. The molecule has 0 N–H and O–H groups in total. The van der Waals surface area contributed by atoms with Crippen LogP contribution in [0.2, 0.25) is 0 Å². The Balaban J connectivity index is 1.04. The van der Waals surface area contributed by atoms with Gasteiger partial charge in [-0.1, -0.05) is 194 Å². The van der Waals surface area contributed by atoms with Gasteiger partial charge in [0.2, 0.25) is 0 Å². The van der Waals surface area contributed by atoms with E-state index in [9.17, 15) is 0 Å². The summed E-state index contributed by atoms with van der Waals surface area (Å²) in [6, 6.07) is 89.2. The third-order valence-electron chi connectivity index (χ3n) is 14.4. The van der Waals surface area contributed by atoms with E-state index in [0.717, 1.165) is 50.1 Å². The van der Waals surface area contributed by atoms with Crippen molar-refractivity contribution in [2.45, 2.75) is 17.8 Å². The standard InChI is InChI=1S/C63H43NO/c1-62(44-18-5-2-6-19-44)54-27-14-11-24-49(54)53-41-48(37-39-55(53)62)64(47-35-32-42(33-36-47)43-34-38-51-50-25-13-16-31-59(50)65-60(51)40-43)58-30-17-29-57-61(58)52-26-12-15-28-56(52)63(57,45-20-7-3-8-21-45)46-22-9-4-10-23-46/h2-41H,1H3. The van der Waals surface area contributed by atoms with Gasteiger partial charge in [-0.3, -0.25) is 0 Å². The predicted octanol–water partition coefficient (Wildman–Crippen LogP) is 16.4. The van der Waals surface area contributed by atoms with Crippen molar-refractivity contribution in [1.82, 2.24) is 0 Å². The van der Waals surface area contributed by atoms with Crippen LogP contribution in [-0.4, -0.2) is 0 Å². The molecule has 2 heteroatoms. The number of anilines is 3. The number of para-hydroxylation sites is 1. The smallest absolute Gasteiger partial charge is 0.136 e. The van der Waals surface area contributed by atoms with Crippen LogP contribution in [0.3, 0.4) is 0 Å². The normalized spacial score (nSPS) is 15.3. The molecule has 2 nitrogen and oxygen atoms in total. The molecular weight excluding hydrogens is 787 g/mol. The number of rotatable bonds is 7. The molecule has 0 saturated heterocycles. The SMILES string of the molecule is CC1(c2ccccc2)c2ccccc2-c2cc(N(c3ccc(-c4ccc5c(c4)oc4ccccc45)cc3)c3cccc4c3-c3ccccc3C4(c3ccccc3)c3ccccc3)ccc21. The van der Waals surface area contributed by atoms with Crippen LogP contribution < -0.4 is 4.90 Å². The average Bonchev–Trinajstić information content (AvgIpc) is 4.00. The fourth-order valence-corrected chi connectivity index (χ4v) is 11.5. The van der Waals surface area contributed by atoms with Crippen LogP contribution in [-0.2, 0) is 10.8 Å². The average molecular weight is 830 g/mol. The van der Waals surface area contributed by atoms with Gasteiger partial charge >= 0.3 is 0 Å². The topological polar surface area (TPSA) is 16.4 Å². The lowest BCUT2D eigenvalue weighted by Crippen LogP contribution is -2.28. The molecule has 1 heterocycles. The molecule has 1 atom stereocenters. The Hall–Kier alpha value is -8.20. The quantitative estimate of drug-likeness (QED) is 0.159. The van der Waals surface area contributed by atoms with Crippen molar-refractivity contribution in [2.24, 2.45) is 0 Å². The van der Waals surface area contributed by atoms with Gasteiger partial charge in [0.15, 0.2) is 0 Å². The summed E-state index contributed by atoms with van der Waals surface area (Å²) in [4.78, 5) is 2.50. The zero-order valence-corrected chi connectivity index (χ0v) is 35.9. The lowest BCUT2D eigenvalue weighted by molar-refractivity contribution is 0.669. The minimum Gasteiger partial charge on any atom is -0.456 e. The van der Waals surface area contributed by atoms with E-state index in [0.29, 0.717) is 0 Å². The number of hydrogen-bond acceptors (Lipinski definition) is 2. The summed E-state index contributed by atoms with van der Waals surface area (Å²) in [6.07, 6.45) is 0. The molecule has 0 spiro atoms. The molecular formula is C63H43NO. The maximum Gasteiger partial charge on any atom is 0.136 e. The zero-order valence-electron chi connectivity index (χ0n) is 35.9.